The molecule has 18 heavy (non-hydrogen) atoms. The summed E-state index contributed by atoms with van der Waals surface area (Å²) in [6.45, 7) is 2.86. The Hall–Kier alpha value is -0.610. The second-order valence-corrected chi connectivity index (χ2v) is 5.68. The van der Waals surface area contributed by atoms with Crippen molar-refractivity contribution in [2.24, 2.45) is 17.6 Å². The van der Waals surface area contributed by atoms with Crippen molar-refractivity contribution < 1.29 is 9.53 Å². The highest BCUT2D eigenvalue weighted by Gasteiger charge is 2.33. The highest BCUT2D eigenvalue weighted by atomic mass is 16.5. The number of nitrogens with zero attached hydrogens (tertiary/aromatic N) is 1. The van der Waals surface area contributed by atoms with Crippen LogP contribution in [0.15, 0.2) is 0 Å². The van der Waals surface area contributed by atoms with Crippen molar-refractivity contribution in [1.82, 2.24) is 4.90 Å². The minimum absolute atomic E-state index is 0.0336. The van der Waals surface area contributed by atoms with Crippen molar-refractivity contribution in [3.8, 4) is 0 Å². The minimum atomic E-state index is -0.0336. The second kappa shape index (κ2) is 6.53. The molecule has 104 valence electrons. The maximum absolute atomic E-state index is 11.5. The lowest BCUT2D eigenvalue weighted by atomic mass is 9.82. The molecule has 2 rings (SSSR count). The lowest BCUT2D eigenvalue weighted by molar-refractivity contribution is -0.147. The van der Waals surface area contributed by atoms with Gasteiger partial charge in [-0.05, 0) is 51.2 Å². The van der Waals surface area contributed by atoms with Crippen LogP contribution in [0.1, 0.15) is 38.5 Å². The van der Waals surface area contributed by atoms with E-state index in [9.17, 15) is 4.79 Å². The van der Waals surface area contributed by atoms with Crippen molar-refractivity contribution in [3.63, 3.8) is 0 Å². The van der Waals surface area contributed by atoms with Crippen LogP contribution in [-0.4, -0.2) is 43.7 Å². The zero-order valence-corrected chi connectivity index (χ0v) is 11.4. The summed E-state index contributed by atoms with van der Waals surface area (Å²) >= 11 is 0. The summed E-state index contributed by atoms with van der Waals surface area (Å²) in [4.78, 5) is 14.1. The molecule has 0 radical (unpaired) electrons. The van der Waals surface area contributed by atoms with Crippen LogP contribution >= 0.6 is 0 Å². The van der Waals surface area contributed by atoms with Gasteiger partial charge >= 0.3 is 5.97 Å². The number of hydrogen-bond donors (Lipinski definition) is 1. The highest BCUT2D eigenvalue weighted by molar-refractivity contribution is 5.72. The van der Waals surface area contributed by atoms with Crippen molar-refractivity contribution in [2.45, 2.75) is 44.6 Å². The Morgan fingerprint density at radius 1 is 1.22 bits per heavy atom. The zero-order valence-electron chi connectivity index (χ0n) is 11.4. The Morgan fingerprint density at radius 2 is 1.89 bits per heavy atom. The lowest BCUT2D eigenvalue weighted by Crippen LogP contribution is -2.49. The molecule has 2 atom stereocenters. The predicted molar refractivity (Wildman–Crippen MR) is 71.1 cm³/mol. The average Bonchev–Trinajstić information content (AvgIpc) is 2.46. The fraction of sp³-hybridized carbons (Fsp3) is 0.929. The van der Waals surface area contributed by atoms with E-state index in [0.29, 0.717) is 12.0 Å². The topological polar surface area (TPSA) is 55.6 Å². The summed E-state index contributed by atoms with van der Waals surface area (Å²) in [5, 5.41) is 0. The van der Waals surface area contributed by atoms with Gasteiger partial charge < -0.3 is 15.4 Å². The van der Waals surface area contributed by atoms with Crippen LogP contribution in [0.5, 0.6) is 0 Å². The van der Waals surface area contributed by atoms with Gasteiger partial charge in [0.1, 0.15) is 0 Å². The minimum Gasteiger partial charge on any atom is -0.469 e. The van der Waals surface area contributed by atoms with Gasteiger partial charge in [0, 0.05) is 6.04 Å². The van der Waals surface area contributed by atoms with E-state index in [2.05, 4.69) is 4.90 Å². The summed E-state index contributed by atoms with van der Waals surface area (Å²) in [6, 6.07) is 0.655. The van der Waals surface area contributed by atoms with E-state index < -0.39 is 0 Å². The van der Waals surface area contributed by atoms with E-state index in [4.69, 9.17) is 10.5 Å². The van der Waals surface area contributed by atoms with Crippen LogP contribution in [0.2, 0.25) is 0 Å². The molecule has 4 heteroatoms. The molecular formula is C14H26N2O2. The zero-order chi connectivity index (χ0) is 13.0. The number of carbonyl (C=O) groups is 1. The molecule has 0 spiro atoms. The summed E-state index contributed by atoms with van der Waals surface area (Å²) in [6.07, 6.45) is 7.11. The Kier molecular flexibility index (Phi) is 5.01. The molecule has 1 aliphatic carbocycles. The molecule has 0 amide bonds. The van der Waals surface area contributed by atoms with Gasteiger partial charge in [0.15, 0.2) is 0 Å². The second-order valence-electron chi connectivity index (χ2n) is 5.68. The molecule has 0 aromatic rings. The first-order chi connectivity index (χ1) is 8.76. The van der Waals surface area contributed by atoms with Crippen LogP contribution in [-0.2, 0) is 9.53 Å². The standard InChI is InChI=1S/C14H26N2O2/c1-18-14(17)11-6-8-16(9-7-11)13-5-3-2-4-12(13)10-15/h11-13H,2-10,15H2,1H3. The molecule has 2 aliphatic rings. The molecule has 1 saturated heterocycles. The summed E-state index contributed by atoms with van der Waals surface area (Å²) < 4.78 is 4.84. The van der Waals surface area contributed by atoms with Gasteiger partial charge in [-0.25, -0.2) is 0 Å². The van der Waals surface area contributed by atoms with Gasteiger partial charge in [-0.3, -0.25) is 4.79 Å². The molecule has 0 bridgehead atoms. The molecule has 2 unspecified atom stereocenters. The largest absolute Gasteiger partial charge is 0.469 e. The predicted octanol–water partition coefficient (Wildman–Crippen LogP) is 1.39. The number of piperidine rings is 1. The van der Waals surface area contributed by atoms with E-state index in [1.807, 2.05) is 0 Å². The fourth-order valence-corrected chi connectivity index (χ4v) is 3.58. The Bertz CT molecular complexity index is 275. The Balaban J connectivity index is 1.86. The number of esters is 1. The number of nitrogens with two attached hydrogens (primary N) is 1. The number of hydrogen-bond acceptors (Lipinski definition) is 4. The van der Waals surface area contributed by atoms with Gasteiger partial charge in [-0.1, -0.05) is 12.8 Å². The van der Waals surface area contributed by atoms with Gasteiger partial charge in [0.25, 0.3) is 0 Å². The first kappa shape index (κ1) is 13.8. The maximum atomic E-state index is 11.5. The Morgan fingerprint density at radius 3 is 2.50 bits per heavy atom. The lowest BCUT2D eigenvalue weighted by Gasteiger charge is -2.42. The third-order valence-electron chi connectivity index (χ3n) is 4.70. The third-order valence-corrected chi connectivity index (χ3v) is 4.70. The Labute approximate surface area is 110 Å². The van der Waals surface area contributed by atoms with Crippen LogP contribution < -0.4 is 5.73 Å². The molecule has 1 aliphatic heterocycles. The van der Waals surface area contributed by atoms with E-state index in [1.165, 1.54) is 32.8 Å². The van der Waals surface area contributed by atoms with E-state index >= 15 is 0 Å². The summed E-state index contributed by atoms with van der Waals surface area (Å²) in [5.74, 6) is 0.744. The van der Waals surface area contributed by atoms with Crippen LogP contribution in [0, 0.1) is 11.8 Å². The van der Waals surface area contributed by atoms with Crippen molar-refractivity contribution in [2.75, 3.05) is 26.7 Å². The van der Waals surface area contributed by atoms with Crippen molar-refractivity contribution in [3.05, 3.63) is 0 Å². The van der Waals surface area contributed by atoms with E-state index in [1.54, 1.807) is 0 Å². The number of likely N-dealkylation sites (tertiary alicyclic amines) is 1. The smallest absolute Gasteiger partial charge is 0.308 e. The molecule has 4 nitrogen and oxygen atoms in total. The van der Waals surface area contributed by atoms with Crippen molar-refractivity contribution in [1.29, 1.82) is 0 Å². The average molecular weight is 254 g/mol. The molecule has 2 N–H and O–H groups in total. The first-order valence-corrected chi connectivity index (χ1v) is 7.28. The van der Waals surface area contributed by atoms with Crippen LogP contribution in [0.4, 0.5) is 0 Å². The van der Waals surface area contributed by atoms with E-state index in [0.717, 1.165) is 32.5 Å². The molecular weight excluding hydrogens is 228 g/mol. The molecule has 0 aromatic heterocycles. The van der Waals surface area contributed by atoms with Crippen LogP contribution in [0.25, 0.3) is 0 Å². The molecule has 1 heterocycles. The van der Waals surface area contributed by atoms with Gasteiger partial charge in [-0.15, -0.1) is 0 Å². The van der Waals surface area contributed by atoms with Crippen molar-refractivity contribution >= 4 is 5.97 Å². The highest BCUT2D eigenvalue weighted by Crippen LogP contribution is 2.31. The molecule has 2 fully saturated rings. The molecule has 0 aromatic carbocycles. The van der Waals surface area contributed by atoms with Gasteiger partial charge in [0.2, 0.25) is 0 Å². The first-order valence-electron chi connectivity index (χ1n) is 7.28. The third kappa shape index (κ3) is 3.04. The van der Waals surface area contributed by atoms with E-state index in [-0.39, 0.29) is 11.9 Å². The number of methoxy groups -OCH3 is 1. The monoisotopic (exact) mass is 254 g/mol. The van der Waals surface area contributed by atoms with Gasteiger partial charge in [-0.2, -0.15) is 0 Å². The van der Waals surface area contributed by atoms with Crippen LogP contribution in [0.3, 0.4) is 0 Å². The normalized spacial score (nSPS) is 31.2. The fourth-order valence-electron chi connectivity index (χ4n) is 3.58. The summed E-state index contributed by atoms with van der Waals surface area (Å²) in [7, 11) is 1.49. The SMILES string of the molecule is COC(=O)C1CCN(C2CCCCC2CN)CC1. The quantitative estimate of drug-likeness (QED) is 0.773. The van der Waals surface area contributed by atoms with Gasteiger partial charge in [0.05, 0.1) is 13.0 Å². The summed E-state index contributed by atoms with van der Waals surface area (Å²) in [5.41, 5.74) is 5.90. The molecule has 1 saturated carbocycles. The number of ether oxygens (including phenoxy) is 1. The number of carbonyl (C=O) groups excluding carboxylic acids is 1. The number of rotatable bonds is 3. The maximum Gasteiger partial charge on any atom is 0.308 e.